The summed E-state index contributed by atoms with van der Waals surface area (Å²) >= 11 is 8.02. The van der Waals surface area contributed by atoms with Crippen LogP contribution in [0.3, 0.4) is 0 Å². The van der Waals surface area contributed by atoms with Crippen LogP contribution in [0.25, 0.3) is 21.5 Å². The predicted octanol–water partition coefficient (Wildman–Crippen LogP) is 4.59. The van der Waals surface area contributed by atoms with Gasteiger partial charge in [0.1, 0.15) is 18.2 Å². The van der Waals surface area contributed by atoms with Gasteiger partial charge in [-0.15, -0.1) is 11.3 Å². The van der Waals surface area contributed by atoms with E-state index in [2.05, 4.69) is 15.3 Å². The van der Waals surface area contributed by atoms with Crippen LogP contribution in [0.15, 0.2) is 24.5 Å². The van der Waals surface area contributed by atoms with Crippen molar-refractivity contribution >= 4 is 45.0 Å². The first-order valence-corrected chi connectivity index (χ1v) is 13.7. The number of fused-ring (bicyclic) bond motifs is 4. The van der Waals surface area contributed by atoms with E-state index in [0.29, 0.717) is 17.0 Å². The number of likely N-dealkylation sites (tertiary alicyclic amines) is 1. The van der Waals surface area contributed by atoms with Crippen molar-refractivity contribution in [2.24, 2.45) is 23.2 Å². The van der Waals surface area contributed by atoms with E-state index >= 15 is 0 Å². The minimum atomic E-state index is -0.210. The molecule has 186 valence electrons. The van der Waals surface area contributed by atoms with Crippen molar-refractivity contribution in [1.82, 2.24) is 20.2 Å². The smallest absolute Gasteiger partial charge is 0.234 e. The molecule has 2 unspecified atom stereocenters. The molecule has 5 atom stereocenters. The number of benzene rings is 1. The van der Waals surface area contributed by atoms with Crippen molar-refractivity contribution in [2.45, 2.75) is 52.3 Å². The summed E-state index contributed by atoms with van der Waals surface area (Å²) < 4.78 is 7.53. The van der Waals surface area contributed by atoms with Crippen LogP contribution in [0.1, 0.15) is 37.1 Å². The number of ether oxygens (including phenoxy) is 1. The van der Waals surface area contributed by atoms with Gasteiger partial charge in [-0.3, -0.25) is 14.5 Å². The quantitative estimate of drug-likeness (QED) is 0.493. The first-order chi connectivity index (χ1) is 17.2. The Hall–Kier alpha value is -2.55. The molecule has 2 bridgehead atoms. The molecule has 2 saturated carbocycles. The molecule has 2 aromatic heterocycles. The van der Waals surface area contributed by atoms with Gasteiger partial charge in [0.2, 0.25) is 11.8 Å². The number of amides is 2. The van der Waals surface area contributed by atoms with Crippen molar-refractivity contribution in [3.63, 3.8) is 0 Å². The second kappa shape index (κ2) is 7.73. The fourth-order valence-corrected chi connectivity index (χ4v) is 8.01. The molecule has 2 saturated heterocycles. The van der Waals surface area contributed by atoms with E-state index in [4.69, 9.17) is 16.3 Å². The number of carbonyl (C=O) groups excluding carboxylic acids is 2. The van der Waals surface area contributed by atoms with Crippen LogP contribution >= 0.6 is 22.9 Å². The molecule has 4 heterocycles. The van der Waals surface area contributed by atoms with Gasteiger partial charge in [-0.2, -0.15) is 0 Å². The van der Waals surface area contributed by atoms with Crippen molar-refractivity contribution in [2.75, 3.05) is 6.54 Å². The second-order valence-electron chi connectivity index (χ2n) is 11.3. The van der Waals surface area contributed by atoms with Gasteiger partial charge in [0.25, 0.3) is 0 Å². The van der Waals surface area contributed by atoms with Gasteiger partial charge < -0.3 is 10.1 Å². The van der Waals surface area contributed by atoms with E-state index in [1.165, 1.54) is 16.2 Å². The summed E-state index contributed by atoms with van der Waals surface area (Å²) in [4.78, 5) is 37.2. The Kier molecular flexibility index (Phi) is 4.86. The molecule has 0 spiro atoms. The Morgan fingerprint density at radius 3 is 2.64 bits per heavy atom. The van der Waals surface area contributed by atoms with Gasteiger partial charge in [-0.05, 0) is 61.4 Å². The molecule has 4 aliphatic rings. The number of thiophene rings is 1. The zero-order valence-corrected chi connectivity index (χ0v) is 21.9. The molecular formula is C27H27ClN4O3S. The molecule has 0 radical (unpaired) electrons. The number of hydrogen-bond donors (Lipinski definition) is 1. The molecule has 36 heavy (non-hydrogen) atoms. The highest BCUT2D eigenvalue weighted by molar-refractivity contribution is 7.19. The van der Waals surface area contributed by atoms with E-state index in [1.807, 2.05) is 39.0 Å². The minimum Gasteiger partial charge on any atom is -0.488 e. The molecule has 1 N–H and O–H groups in total. The number of imide groups is 1. The van der Waals surface area contributed by atoms with Gasteiger partial charge in [0, 0.05) is 21.5 Å². The highest BCUT2D eigenvalue weighted by Crippen LogP contribution is 2.63. The van der Waals surface area contributed by atoms with Crippen molar-refractivity contribution in [1.29, 1.82) is 0 Å². The summed E-state index contributed by atoms with van der Waals surface area (Å²) in [5, 5.41) is 4.19. The Labute approximate surface area is 218 Å². The van der Waals surface area contributed by atoms with Crippen LogP contribution < -0.4 is 10.1 Å². The van der Waals surface area contributed by atoms with Crippen LogP contribution in [0.2, 0.25) is 5.02 Å². The third-order valence-electron chi connectivity index (χ3n) is 8.60. The van der Waals surface area contributed by atoms with Crippen LogP contribution in [0.4, 0.5) is 0 Å². The zero-order valence-electron chi connectivity index (χ0n) is 20.4. The number of halogens is 1. The Morgan fingerprint density at radius 1 is 1.17 bits per heavy atom. The Morgan fingerprint density at radius 2 is 1.94 bits per heavy atom. The summed E-state index contributed by atoms with van der Waals surface area (Å²) in [6, 6.07) is 6.17. The number of aryl methyl sites for hydroxylation is 1. The van der Waals surface area contributed by atoms with Crippen molar-refractivity contribution in [3.8, 4) is 17.0 Å². The monoisotopic (exact) mass is 522 g/mol. The maximum atomic E-state index is 12.9. The molecule has 7 rings (SSSR count). The largest absolute Gasteiger partial charge is 0.488 e. The molecule has 2 aliphatic heterocycles. The fourth-order valence-electron chi connectivity index (χ4n) is 6.63. The average molecular weight is 523 g/mol. The number of aromatic nitrogens is 2. The fraction of sp³-hybridized carbons (Fsp3) is 0.481. The molecule has 9 heteroatoms. The normalized spacial score (nSPS) is 29.9. The Balaban J connectivity index is 1.24. The Bertz CT molecular complexity index is 1430. The summed E-state index contributed by atoms with van der Waals surface area (Å²) in [6.45, 7) is 7.35. The van der Waals surface area contributed by atoms with Gasteiger partial charge >= 0.3 is 0 Å². The average Bonchev–Trinajstić information content (AvgIpc) is 3.37. The van der Waals surface area contributed by atoms with E-state index in [1.54, 1.807) is 6.33 Å². The summed E-state index contributed by atoms with van der Waals surface area (Å²) in [7, 11) is 0. The number of carbonyl (C=O) groups is 2. The third-order valence-corrected chi connectivity index (χ3v) is 9.94. The van der Waals surface area contributed by atoms with Crippen LogP contribution in [-0.4, -0.2) is 45.4 Å². The van der Waals surface area contributed by atoms with Crippen LogP contribution in [0.5, 0.6) is 5.75 Å². The van der Waals surface area contributed by atoms with Gasteiger partial charge in [-0.1, -0.05) is 25.4 Å². The second-order valence-corrected chi connectivity index (χ2v) is 12.9. The molecule has 4 fully saturated rings. The van der Waals surface area contributed by atoms with Crippen LogP contribution in [0, 0.1) is 30.1 Å². The maximum absolute atomic E-state index is 12.9. The number of nitrogens with zero attached hydrogens (tertiary/aromatic N) is 3. The first-order valence-electron chi connectivity index (χ1n) is 12.5. The lowest BCUT2D eigenvalue weighted by Crippen LogP contribution is -2.40. The molecule has 1 aromatic carbocycles. The first kappa shape index (κ1) is 22.6. The lowest BCUT2D eigenvalue weighted by atomic mass is 10.0. The van der Waals surface area contributed by atoms with E-state index < -0.39 is 0 Å². The lowest BCUT2D eigenvalue weighted by Gasteiger charge is -2.26. The summed E-state index contributed by atoms with van der Waals surface area (Å²) in [5.41, 5.74) is 3.16. The number of rotatable bonds is 5. The van der Waals surface area contributed by atoms with Gasteiger partial charge in [0.15, 0.2) is 0 Å². The molecule has 2 aliphatic carbocycles. The number of piperidine rings is 2. The number of nitrogens with one attached hydrogen (secondary N) is 1. The minimum absolute atomic E-state index is 0.0561. The SMILES string of the molecule is Cc1cc(Cl)cc(-c2ncnc3cc(CN4C(=O)C5C(C4=O)C5(C)C)sc23)c1O[C@@H]1C[C@H]2CN[C@@H]1C2. The molecular weight excluding hydrogens is 496 g/mol. The third kappa shape index (κ3) is 3.27. The highest BCUT2D eigenvalue weighted by atomic mass is 35.5. The highest BCUT2D eigenvalue weighted by Gasteiger charge is 2.72. The standard InChI is InChI=1S/C27H27ClN4O3S/c1-12-4-14(28)7-16(23(12)35-19-6-13-5-17(19)29-9-13)22-24-18(30-11-31-22)8-15(36-24)10-32-25(33)20-21(26(32)34)27(20,2)3/h4,7-8,11,13,17,19-21,29H,5-6,9-10H2,1-3H3/t13-,17+,19+,20?,21?/m0/s1. The van der Waals surface area contributed by atoms with Crippen molar-refractivity contribution in [3.05, 3.63) is 40.0 Å². The van der Waals surface area contributed by atoms with E-state index in [-0.39, 0.29) is 41.7 Å². The zero-order chi connectivity index (χ0) is 24.9. The predicted molar refractivity (Wildman–Crippen MR) is 138 cm³/mol. The van der Waals surface area contributed by atoms with Crippen molar-refractivity contribution < 1.29 is 14.3 Å². The maximum Gasteiger partial charge on any atom is 0.234 e. The molecule has 7 nitrogen and oxygen atoms in total. The summed E-state index contributed by atoms with van der Waals surface area (Å²) in [5.74, 6) is 1.02. The van der Waals surface area contributed by atoms with Crippen LogP contribution in [-0.2, 0) is 16.1 Å². The summed E-state index contributed by atoms with van der Waals surface area (Å²) in [6.07, 6.45) is 3.89. The molecule has 3 aromatic rings. The lowest BCUT2D eigenvalue weighted by molar-refractivity contribution is -0.143. The van der Waals surface area contributed by atoms with Gasteiger partial charge in [0.05, 0.1) is 34.3 Å². The van der Waals surface area contributed by atoms with E-state index in [0.717, 1.165) is 57.1 Å². The van der Waals surface area contributed by atoms with Gasteiger partial charge in [-0.25, -0.2) is 9.97 Å². The van der Waals surface area contributed by atoms with E-state index in [9.17, 15) is 9.59 Å². The topological polar surface area (TPSA) is 84.4 Å². The molecule has 2 amide bonds. The number of hydrogen-bond acceptors (Lipinski definition) is 7.